The van der Waals surface area contributed by atoms with E-state index in [1.54, 1.807) is 0 Å². The number of carboxylic acid groups (broad SMARTS) is 1. The third-order valence-corrected chi connectivity index (χ3v) is 7.63. The highest BCUT2D eigenvalue weighted by Gasteiger charge is 2.27. The Balaban J connectivity index is 1.21. The van der Waals surface area contributed by atoms with Crippen LogP contribution in [0.5, 0.6) is 0 Å². The van der Waals surface area contributed by atoms with Crippen LogP contribution in [0.15, 0.2) is 42.5 Å². The first-order chi connectivity index (χ1) is 17.4. The van der Waals surface area contributed by atoms with Gasteiger partial charge in [0.25, 0.3) is 0 Å². The molecule has 3 aromatic rings. The molecule has 4 heterocycles. The Hall–Kier alpha value is -3.19. The van der Waals surface area contributed by atoms with E-state index in [1.165, 1.54) is 17.7 Å². The number of nitrogens with zero attached hydrogens (tertiary/aromatic N) is 4. The van der Waals surface area contributed by atoms with Crippen molar-refractivity contribution < 1.29 is 9.90 Å². The van der Waals surface area contributed by atoms with Gasteiger partial charge < -0.3 is 15.3 Å². The van der Waals surface area contributed by atoms with Crippen LogP contribution in [0.3, 0.4) is 0 Å². The first-order valence-corrected chi connectivity index (χ1v) is 13.2. The van der Waals surface area contributed by atoms with Crippen molar-refractivity contribution in [1.82, 2.24) is 19.7 Å². The molecule has 2 aromatic heterocycles. The van der Waals surface area contributed by atoms with Gasteiger partial charge in [0.05, 0.1) is 17.8 Å². The van der Waals surface area contributed by atoms with Gasteiger partial charge in [-0.25, -0.2) is 9.67 Å². The summed E-state index contributed by atoms with van der Waals surface area (Å²) in [7, 11) is 0. The average molecular weight is 488 g/mol. The number of hydrogen-bond donors (Lipinski definition) is 2. The predicted octanol–water partition coefficient (Wildman–Crippen LogP) is 4.76. The Kier molecular flexibility index (Phi) is 7.37. The highest BCUT2D eigenvalue weighted by Crippen LogP contribution is 2.29. The van der Waals surface area contributed by atoms with Crippen LogP contribution in [0, 0.1) is 19.8 Å². The molecule has 190 valence electrons. The molecule has 0 bridgehead atoms. The Morgan fingerprint density at radius 3 is 2.92 bits per heavy atom. The SMILES string of the molecule is Cc1cc(C)n(-c2cccc([C@@H](CC(=O)O)CN3CC[C@@H](CCc4ccc5c(n4)NCCC5)C3)c2)n1. The first-order valence-electron chi connectivity index (χ1n) is 13.2. The van der Waals surface area contributed by atoms with Gasteiger partial charge in [0, 0.05) is 36.9 Å². The van der Waals surface area contributed by atoms with Crippen molar-refractivity contribution in [2.45, 2.75) is 58.3 Å². The molecule has 0 aliphatic carbocycles. The molecule has 2 atom stereocenters. The number of pyridine rings is 1. The van der Waals surface area contributed by atoms with E-state index in [2.05, 4.69) is 45.6 Å². The van der Waals surface area contributed by atoms with Crippen LogP contribution in [0.4, 0.5) is 5.82 Å². The predicted molar refractivity (Wildman–Crippen MR) is 142 cm³/mol. The molecule has 5 rings (SSSR count). The fourth-order valence-electron chi connectivity index (χ4n) is 5.79. The third-order valence-electron chi connectivity index (χ3n) is 7.63. The summed E-state index contributed by atoms with van der Waals surface area (Å²) in [4.78, 5) is 19.1. The second kappa shape index (κ2) is 10.8. The standard InChI is InChI=1S/C29H37N5O2/c1-20-15-21(2)34(32-20)27-7-3-5-24(16-27)25(17-28(35)36)19-33-14-12-22(18-33)8-10-26-11-9-23-6-4-13-30-29(23)31-26/h3,5,7,9,11,15-16,22,25H,4,6,8,10,12-14,17-19H2,1-2H3,(H,30,31)(H,35,36)/t22-,25+/m1/s1. The fourth-order valence-corrected chi connectivity index (χ4v) is 5.79. The number of fused-ring (bicyclic) bond motifs is 1. The van der Waals surface area contributed by atoms with E-state index in [1.807, 2.05) is 30.7 Å². The number of carbonyl (C=O) groups is 1. The maximum absolute atomic E-state index is 11.7. The monoisotopic (exact) mass is 487 g/mol. The highest BCUT2D eigenvalue weighted by atomic mass is 16.4. The minimum Gasteiger partial charge on any atom is -0.481 e. The summed E-state index contributed by atoms with van der Waals surface area (Å²) in [5, 5.41) is 17.7. The van der Waals surface area contributed by atoms with E-state index in [9.17, 15) is 9.90 Å². The zero-order valence-corrected chi connectivity index (χ0v) is 21.4. The van der Waals surface area contributed by atoms with Crippen molar-refractivity contribution in [3.05, 3.63) is 70.7 Å². The first kappa shape index (κ1) is 24.5. The lowest BCUT2D eigenvalue weighted by Gasteiger charge is -2.24. The van der Waals surface area contributed by atoms with Crippen LogP contribution in [0.1, 0.15) is 59.8 Å². The smallest absolute Gasteiger partial charge is 0.304 e. The number of aryl methyl sites for hydroxylation is 4. The van der Waals surface area contributed by atoms with Crippen molar-refractivity contribution in [2.24, 2.45) is 5.92 Å². The lowest BCUT2D eigenvalue weighted by Crippen LogP contribution is -2.28. The number of nitrogens with one attached hydrogen (secondary N) is 1. The molecule has 0 unspecified atom stereocenters. The number of carboxylic acids is 1. The van der Waals surface area contributed by atoms with Gasteiger partial charge in [-0.3, -0.25) is 4.79 Å². The normalized spacial score (nSPS) is 18.6. The number of aromatic nitrogens is 3. The van der Waals surface area contributed by atoms with Gasteiger partial charge in [0.1, 0.15) is 5.82 Å². The zero-order chi connectivity index (χ0) is 25.1. The number of hydrogen-bond acceptors (Lipinski definition) is 5. The number of rotatable bonds is 9. The van der Waals surface area contributed by atoms with Crippen molar-refractivity contribution in [3.63, 3.8) is 0 Å². The summed E-state index contributed by atoms with van der Waals surface area (Å²) in [5.74, 6) is 0.902. The van der Waals surface area contributed by atoms with Crippen LogP contribution in [-0.4, -0.2) is 56.9 Å². The van der Waals surface area contributed by atoms with E-state index < -0.39 is 5.97 Å². The Bertz CT molecular complexity index is 1220. The largest absolute Gasteiger partial charge is 0.481 e. The van der Waals surface area contributed by atoms with Crippen molar-refractivity contribution in [2.75, 3.05) is 31.5 Å². The molecular weight excluding hydrogens is 450 g/mol. The molecule has 7 heteroatoms. The summed E-state index contributed by atoms with van der Waals surface area (Å²) in [6.45, 7) is 7.87. The van der Waals surface area contributed by atoms with Crippen LogP contribution in [-0.2, 0) is 17.6 Å². The van der Waals surface area contributed by atoms with Gasteiger partial charge in [0.2, 0.25) is 0 Å². The Labute approximate surface area is 213 Å². The minimum atomic E-state index is -0.751. The number of anilines is 1. The van der Waals surface area contributed by atoms with Crippen molar-refractivity contribution in [1.29, 1.82) is 0 Å². The van der Waals surface area contributed by atoms with Gasteiger partial charge in [-0.1, -0.05) is 18.2 Å². The molecule has 36 heavy (non-hydrogen) atoms. The average Bonchev–Trinajstić information content (AvgIpc) is 3.47. The van der Waals surface area contributed by atoms with Gasteiger partial charge >= 0.3 is 5.97 Å². The van der Waals surface area contributed by atoms with Gasteiger partial charge in [-0.2, -0.15) is 5.10 Å². The van der Waals surface area contributed by atoms with Crippen molar-refractivity contribution in [3.8, 4) is 5.69 Å². The molecule has 1 aromatic carbocycles. The molecule has 2 aliphatic heterocycles. The maximum atomic E-state index is 11.7. The topological polar surface area (TPSA) is 83.3 Å². The third kappa shape index (κ3) is 5.78. The molecule has 7 nitrogen and oxygen atoms in total. The quantitative estimate of drug-likeness (QED) is 0.453. The van der Waals surface area contributed by atoms with Gasteiger partial charge in [0.15, 0.2) is 0 Å². The summed E-state index contributed by atoms with van der Waals surface area (Å²) in [6.07, 6.45) is 5.72. The Morgan fingerprint density at radius 2 is 2.11 bits per heavy atom. The molecule has 0 saturated carbocycles. The zero-order valence-electron chi connectivity index (χ0n) is 21.4. The fraction of sp³-hybridized carbons (Fsp3) is 0.483. The summed E-state index contributed by atoms with van der Waals surface area (Å²) in [5.41, 5.74) is 6.61. The second-order valence-corrected chi connectivity index (χ2v) is 10.5. The van der Waals surface area contributed by atoms with Crippen LogP contribution < -0.4 is 5.32 Å². The maximum Gasteiger partial charge on any atom is 0.304 e. The molecule has 1 fully saturated rings. The molecule has 0 spiro atoms. The molecule has 1 saturated heterocycles. The molecule has 2 N–H and O–H groups in total. The van der Waals surface area contributed by atoms with Crippen LogP contribution in [0.2, 0.25) is 0 Å². The van der Waals surface area contributed by atoms with E-state index in [0.29, 0.717) is 5.92 Å². The lowest BCUT2D eigenvalue weighted by atomic mass is 9.94. The van der Waals surface area contributed by atoms with Gasteiger partial charge in [-0.05, 0) is 93.8 Å². The molecule has 2 aliphatic rings. The second-order valence-electron chi connectivity index (χ2n) is 10.5. The van der Waals surface area contributed by atoms with Gasteiger partial charge in [-0.15, -0.1) is 0 Å². The number of aliphatic carboxylic acids is 1. The van der Waals surface area contributed by atoms with Crippen molar-refractivity contribution >= 4 is 11.8 Å². The Morgan fingerprint density at radius 1 is 1.22 bits per heavy atom. The van der Waals surface area contributed by atoms with Crippen LogP contribution >= 0.6 is 0 Å². The summed E-state index contributed by atoms with van der Waals surface area (Å²) in [6, 6.07) is 14.7. The van der Waals surface area contributed by atoms with Crippen LogP contribution in [0.25, 0.3) is 5.69 Å². The lowest BCUT2D eigenvalue weighted by molar-refractivity contribution is -0.137. The van der Waals surface area contributed by atoms with E-state index >= 15 is 0 Å². The minimum absolute atomic E-state index is 0.0495. The molecule has 0 radical (unpaired) electrons. The number of benzene rings is 1. The van der Waals surface area contributed by atoms with E-state index in [-0.39, 0.29) is 12.3 Å². The van der Waals surface area contributed by atoms with E-state index in [0.717, 1.165) is 80.3 Å². The summed E-state index contributed by atoms with van der Waals surface area (Å²) >= 11 is 0. The molecular formula is C29H37N5O2. The highest BCUT2D eigenvalue weighted by molar-refractivity contribution is 5.68. The number of likely N-dealkylation sites (tertiary alicyclic amines) is 1. The summed E-state index contributed by atoms with van der Waals surface area (Å²) < 4.78 is 1.94. The molecule has 0 amide bonds. The van der Waals surface area contributed by atoms with E-state index in [4.69, 9.17) is 4.98 Å².